The molecule has 1 aliphatic rings. The second-order valence-electron chi connectivity index (χ2n) is 5.97. The quantitative estimate of drug-likeness (QED) is 0.750. The second-order valence-corrected chi connectivity index (χ2v) is 8.82. The number of ether oxygens (including phenoxy) is 1. The van der Waals surface area contributed by atoms with E-state index in [0.29, 0.717) is 10.9 Å². The molecule has 0 unspecified atom stereocenters. The number of anilines is 1. The van der Waals surface area contributed by atoms with E-state index in [1.807, 2.05) is 0 Å². The van der Waals surface area contributed by atoms with Crippen molar-refractivity contribution in [1.29, 1.82) is 0 Å². The molecule has 0 spiro atoms. The Morgan fingerprint density at radius 2 is 1.96 bits per heavy atom. The maximum absolute atomic E-state index is 12.2. The van der Waals surface area contributed by atoms with Crippen LogP contribution < -0.4 is 14.8 Å². The average Bonchev–Trinajstić information content (AvgIpc) is 3.03. The molecule has 0 atom stereocenters. The molecule has 0 aliphatic heterocycles. The molecule has 0 saturated carbocycles. The van der Waals surface area contributed by atoms with E-state index in [9.17, 15) is 13.2 Å². The van der Waals surface area contributed by atoms with Gasteiger partial charge in [-0.2, -0.15) is 0 Å². The summed E-state index contributed by atoms with van der Waals surface area (Å²) in [5.74, 6) is 0.322. The fraction of sp³-hybridized carbons (Fsp3) is 0.412. The molecule has 1 aliphatic carbocycles. The first-order valence-electron chi connectivity index (χ1n) is 8.40. The van der Waals surface area contributed by atoms with Gasteiger partial charge in [-0.1, -0.05) is 0 Å². The molecule has 0 radical (unpaired) electrons. The number of methoxy groups -OCH3 is 1. The van der Waals surface area contributed by atoms with Crippen molar-refractivity contribution >= 4 is 32.4 Å². The third kappa shape index (κ3) is 4.60. The molecular weight excluding hydrogens is 374 g/mol. The Morgan fingerprint density at radius 3 is 2.65 bits per heavy atom. The Kier molecular flexibility index (Phi) is 5.90. The summed E-state index contributed by atoms with van der Waals surface area (Å²) >= 11 is 1.51. The van der Waals surface area contributed by atoms with Crippen LogP contribution >= 0.6 is 11.3 Å². The summed E-state index contributed by atoms with van der Waals surface area (Å²) in [4.78, 5) is 17.9. The molecule has 140 valence electrons. The number of nitrogens with zero attached hydrogens (tertiary/aromatic N) is 1. The molecule has 9 heteroatoms. The van der Waals surface area contributed by atoms with Crippen molar-refractivity contribution in [1.82, 2.24) is 9.71 Å². The van der Waals surface area contributed by atoms with Crippen LogP contribution in [0.4, 0.5) is 5.13 Å². The van der Waals surface area contributed by atoms with Gasteiger partial charge in [0.1, 0.15) is 5.75 Å². The van der Waals surface area contributed by atoms with E-state index < -0.39 is 10.0 Å². The highest BCUT2D eigenvalue weighted by Crippen LogP contribution is 2.29. The summed E-state index contributed by atoms with van der Waals surface area (Å²) in [5, 5.41) is 3.35. The minimum Gasteiger partial charge on any atom is -0.497 e. The Bertz CT molecular complexity index is 852. The fourth-order valence-electron chi connectivity index (χ4n) is 2.72. The molecule has 0 saturated heterocycles. The smallest absolute Gasteiger partial charge is 0.240 e. The minimum atomic E-state index is -3.65. The molecule has 7 nitrogen and oxygen atoms in total. The maximum atomic E-state index is 12.2. The van der Waals surface area contributed by atoms with Crippen LogP contribution in [0.15, 0.2) is 29.2 Å². The van der Waals surface area contributed by atoms with Gasteiger partial charge in [0.05, 0.1) is 17.7 Å². The number of fused-ring (bicyclic) bond motifs is 1. The van der Waals surface area contributed by atoms with Gasteiger partial charge < -0.3 is 10.1 Å². The minimum absolute atomic E-state index is 0.0191. The van der Waals surface area contributed by atoms with E-state index in [2.05, 4.69) is 15.0 Å². The van der Waals surface area contributed by atoms with Crippen molar-refractivity contribution in [2.75, 3.05) is 19.0 Å². The van der Waals surface area contributed by atoms with Crippen LogP contribution in [0.1, 0.15) is 29.8 Å². The first-order chi connectivity index (χ1) is 12.5. The van der Waals surface area contributed by atoms with Crippen molar-refractivity contribution in [3.05, 3.63) is 34.8 Å². The maximum Gasteiger partial charge on any atom is 0.240 e. The second kappa shape index (κ2) is 8.15. The van der Waals surface area contributed by atoms with Crippen molar-refractivity contribution in [3.8, 4) is 5.75 Å². The molecule has 1 aromatic heterocycles. The van der Waals surface area contributed by atoms with Gasteiger partial charge >= 0.3 is 0 Å². The molecule has 2 aromatic rings. The average molecular weight is 396 g/mol. The summed E-state index contributed by atoms with van der Waals surface area (Å²) in [6.45, 7) is 0.0191. The van der Waals surface area contributed by atoms with E-state index >= 15 is 0 Å². The summed E-state index contributed by atoms with van der Waals surface area (Å²) in [7, 11) is -2.14. The van der Waals surface area contributed by atoms with Crippen LogP contribution in [-0.4, -0.2) is 33.0 Å². The summed E-state index contributed by atoms with van der Waals surface area (Å²) in [6.07, 6.45) is 4.32. The first kappa shape index (κ1) is 18.8. The molecule has 2 N–H and O–H groups in total. The number of aromatic nitrogens is 1. The Morgan fingerprint density at radius 1 is 1.23 bits per heavy atom. The normalized spacial score (nSPS) is 13.9. The van der Waals surface area contributed by atoms with Crippen LogP contribution in [0, 0.1) is 0 Å². The van der Waals surface area contributed by atoms with Crippen LogP contribution in [-0.2, 0) is 27.7 Å². The number of thiazole rings is 1. The van der Waals surface area contributed by atoms with E-state index in [-0.39, 0.29) is 23.8 Å². The Hall–Kier alpha value is -1.97. The molecule has 3 rings (SSSR count). The van der Waals surface area contributed by atoms with Crippen LogP contribution in [0.3, 0.4) is 0 Å². The number of benzene rings is 1. The van der Waals surface area contributed by atoms with Gasteiger partial charge in [-0.3, -0.25) is 4.79 Å². The van der Waals surface area contributed by atoms with Crippen molar-refractivity contribution in [3.63, 3.8) is 0 Å². The number of amides is 1. The third-order valence-electron chi connectivity index (χ3n) is 4.11. The SMILES string of the molecule is COc1ccc(S(=O)(=O)NCCC(=O)Nc2nc3c(s2)CCCC3)cc1. The summed E-state index contributed by atoms with van der Waals surface area (Å²) in [6, 6.07) is 6.07. The number of rotatable bonds is 7. The number of nitrogens with one attached hydrogen (secondary N) is 2. The molecule has 0 fully saturated rings. The Balaban J connectivity index is 1.50. The molecule has 1 aromatic carbocycles. The highest BCUT2D eigenvalue weighted by Gasteiger charge is 2.17. The van der Waals surface area contributed by atoms with Gasteiger partial charge in [0.25, 0.3) is 0 Å². The zero-order chi connectivity index (χ0) is 18.6. The number of sulfonamides is 1. The van der Waals surface area contributed by atoms with Crippen molar-refractivity contribution in [2.24, 2.45) is 0 Å². The van der Waals surface area contributed by atoms with E-state index in [1.165, 1.54) is 35.5 Å². The summed E-state index contributed by atoms with van der Waals surface area (Å²) in [5.41, 5.74) is 1.08. The fourth-order valence-corrected chi connectivity index (χ4v) is 4.82. The van der Waals surface area contributed by atoms with Crippen LogP contribution in [0.2, 0.25) is 0 Å². The lowest BCUT2D eigenvalue weighted by molar-refractivity contribution is -0.116. The van der Waals surface area contributed by atoms with Crippen molar-refractivity contribution in [2.45, 2.75) is 37.0 Å². The van der Waals surface area contributed by atoms with E-state index in [1.54, 1.807) is 12.1 Å². The molecule has 26 heavy (non-hydrogen) atoms. The first-order valence-corrected chi connectivity index (χ1v) is 10.7. The van der Waals surface area contributed by atoms with E-state index in [0.717, 1.165) is 31.4 Å². The zero-order valence-corrected chi connectivity index (χ0v) is 16.1. The highest BCUT2D eigenvalue weighted by molar-refractivity contribution is 7.89. The Labute approximate surface area is 156 Å². The lowest BCUT2D eigenvalue weighted by atomic mass is 10.0. The molecule has 0 bridgehead atoms. The van der Waals surface area contributed by atoms with Gasteiger partial charge in [0.15, 0.2) is 5.13 Å². The lowest BCUT2D eigenvalue weighted by Gasteiger charge is -2.07. The number of carbonyl (C=O) groups is 1. The standard InChI is InChI=1S/C17H21N3O4S2/c1-24-12-6-8-13(9-7-12)26(22,23)18-11-10-16(21)20-17-19-14-4-2-3-5-15(14)25-17/h6-9,18H,2-5,10-11H2,1H3,(H,19,20,21). The summed E-state index contributed by atoms with van der Waals surface area (Å²) < 4.78 is 31.9. The molecular formula is C17H21N3O4S2. The number of hydrogen-bond acceptors (Lipinski definition) is 6. The lowest BCUT2D eigenvalue weighted by Crippen LogP contribution is -2.27. The van der Waals surface area contributed by atoms with Gasteiger partial charge in [-0.25, -0.2) is 18.1 Å². The predicted octanol–water partition coefficient (Wildman–Crippen LogP) is 2.34. The van der Waals surface area contributed by atoms with Crippen molar-refractivity contribution < 1.29 is 17.9 Å². The topological polar surface area (TPSA) is 97.4 Å². The highest BCUT2D eigenvalue weighted by atomic mass is 32.2. The van der Waals surface area contributed by atoms with Gasteiger partial charge in [-0.05, 0) is 49.9 Å². The van der Waals surface area contributed by atoms with Gasteiger partial charge in [0, 0.05) is 17.8 Å². The van der Waals surface area contributed by atoms with E-state index in [4.69, 9.17) is 4.74 Å². The van der Waals surface area contributed by atoms with Gasteiger partial charge in [-0.15, -0.1) is 11.3 Å². The number of hydrogen-bond donors (Lipinski definition) is 2. The van der Waals surface area contributed by atoms with Crippen LogP contribution in [0.5, 0.6) is 5.75 Å². The third-order valence-corrected chi connectivity index (χ3v) is 6.66. The van der Waals surface area contributed by atoms with Crippen LogP contribution in [0.25, 0.3) is 0 Å². The largest absolute Gasteiger partial charge is 0.497 e. The molecule has 1 heterocycles. The zero-order valence-electron chi connectivity index (χ0n) is 14.4. The van der Waals surface area contributed by atoms with Gasteiger partial charge in [0.2, 0.25) is 15.9 Å². The monoisotopic (exact) mass is 395 g/mol. The number of carbonyl (C=O) groups excluding carboxylic acids is 1. The predicted molar refractivity (Wildman–Crippen MR) is 100 cm³/mol. The molecule has 1 amide bonds. The number of aryl methyl sites for hydroxylation is 2.